The third kappa shape index (κ3) is 5.27. The van der Waals surface area contributed by atoms with E-state index in [4.69, 9.17) is 9.15 Å². The first-order valence-corrected chi connectivity index (χ1v) is 10.7. The fourth-order valence-electron chi connectivity index (χ4n) is 3.72. The van der Waals surface area contributed by atoms with Gasteiger partial charge < -0.3 is 14.3 Å². The lowest BCUT2D eigenvalue weighted by Gasteiger charge is -2.10. The van der Waals surface area contributed by atoms with Gasteiger partial charge in [0.05, 0.1) is 24.6 Å². The van der Waals surface area contributed by atoms with Gasteiger partial charge in [0.15, 0.2) is 5.58 Å². The van der Waals surface area contributed by atoms with Gasteiger partial charge in [0, 0.05) is 12.1 Å². The molecule has 1 aromatic heterocycles. The second-order valence-electron chi connectivity index (χ2n) is 7.58. The number of carbonyl (C=O) groups is 1. The molecule has 0 saturated heterocycles. The van der Waals surface area contributed by atoms with Gasteiger partial charge in [-0.3, -0.25) is 9.88 Å². The van der Waals surface area contributed by atoms with E-state index >= 15 is 0 Å². The van der Waals surface area contributed by atoms with Crippen LogP contribution in [-0.2, 0) is 11.3 Å². The predicted molar refractivity (Wildman–Crippen MR) is 134 cm³/mol. The van der Waals surface area contributed by atoms with Gasteiger partial charge in [-0.1, -0.05) is 60.7 Å². The Bertz CT molecular complexity index is 1410. The number of rotatable bonds is 8. The topological polar surface area (TPSA) is 93.7 Å². The predicted octanol–water partition coefficient (Wildman–Crippen LogP) is 6.07. The maximum atomic E-state index is 12.3. The van der Waals surface area contributed by atoms with E-state index in [9.17, 15) is 14.7 Å². The Morgan fingerprint density at radius 2 is 1.82 bits per heavy atom. The highest BCUT2D eigenvalue weighted by atomic mass is 16.5. The minimum atomic E-state index is -1.12. The number of anilines is 1. The SMILES string of the molecule is COC=Cc1ccc2c(c1)oc(=O)n2CC/C=C/c1ccc(-c2ccccc2)c(NC(=O)O)c1. The summed E-state index contributed by atoms with van der Waals surface area (Å²) >= 11 is 0. The van der Waals surface area contributed by atoms with Crippen molar-refractivity contribution in [3.8, 4) is 11.1 Å². The number of amides is 1. The summed E-state index contributed by atoms with van der Waals surface area (Å²) in [6.07, 6.45) is 6.68. The molecule has 7 nitrogen and oxygen atoms in total. The van der Waals surface area contributed by atoms with Gasteiger partial charge in [-0.15, -0.1) is 0 Å². The van der Waals surface area contributed by atoms with Crippen molar-refractivity contribution in [3.63, 3.8) is 0 Å². The lowest BCUT2D eigenvalue weighted by molar-refractivity contribution is 0.210. The molecule has 172 valence electrons. The molecule has 0 unspecified atom stereocenters. The minimum Gasteiger partial charge on any atom is -0.504 e. The van der Waals surface area contributed by atoms with Crippen LogP contribution in [0.4, 0.5) is 10.5 Å². The van der Waals surface area contributed by atoms with E-state index in [1.165, 1.54) is 0 Å². The second-order valence-corrected chi connectivity index (χ2v) is 7.58. The van der Waals surface area contributed by atoms with Crippen LogP contribution in [0.2, 0.25) is 0 Å². The van der Waals surface area contributed by atoms with Crippen molar-refractivity contribution in [2.45, 2.75) is 13.0 Å². The number of hydrogen-bond acceptors (Lipinski definition) is 4. The molecule has 0 bridgehead atoms. The monoisotopic (exact) mass is 456 g/mol. The molecule has 7 heteroatoms. The van der Waals surface area contributed by atoms with E-state index in [2.05, 4.69) is 5.32 Å². The zero-order valence-electron chi connectivity index (χ0n) is 18.6. The third-order valence-corrected chi connectivity index (χ3v) is 5.29. The molecule has 0 spiro atoms. The molecular formula is C27H24N2O5. The Morgan fingerprint density at radius 1 is 1.06 bits per heavy atom. The van der Waals surface area contributed by atoms with Crippen molar-refractivity contribution in [1.29, 1.82) is 0 Å². The summed E-state index contributed by atoms with van der Waals surface area (Å²) in [5.74, 6) is -0.406. The molecule has 3 aromatic carbocycles. The zero-order valence-corrected chi connectivity index (χ0v) is 18.6. The number of aromatic nitrogens is 1. The van der Waals surface area contributed by atoms with Crippen LogP contribution in [0.5, 0.6) is 0 Å². The summed E-state index contributed by atoms with van der Waals surface area (Å²) in [7, 11) is 1.57. The molecule has 0 aliphatic rings. The molecule has 1 amide bonds. The number of allylic oxidation sites excluding steroid dienone is 1. The number of benzene rings is 3. The fraction of sp³-hybridized carbons (Fsp3) is 0.111. The molecular weight excluding hydrogens is 432 g/mol. The van der Waals surface area contributed by atoms with E-state index in [1.807, 2.05) is 66.7 Å². The quantitative estimate of drug-likeness (QED) is 0.314. The van der Waals surface area contributed by atoms with Crippen LogP contribution < -0.4 is 11.1 Å². The second kappa shape index (κ2) is 10.4. The minimum absolute atomic E-state index is 0.406. The summed E-state index contributed by atoms with van der Waals surface area (Å²) in [5.41, 5.74) is 5.21. The van der Waals surface area contributed by atoms with Crippen LogP contribution in [0.3, 0.4) is 0 Å². The number of carboxylic acid groups (broad SMARTS) is 1. The highest BCUT2D eigenvalue weighted by Gasteiger charge is 2.10. The summed E-state index contributed by atoms with van der Waals surface area (Å²) < 4.78 is 11.9. The number of aryl methyl sites for hydroxylation is 1. The van der Waals surface area contributed by atoms with Crippen LogP contribution in [0.15, 0.2) is 88.3 Å². The first-order valence-electron chi connectivity index (χ1n) is 10.7. The molecule has 0 aliphatic carbocycles. The number of oxazole rings is 1. The van der Waals surface area contributed by atoms with E-state index < -0.39 is 11.8 Å². The molecule has 34 heavy (non-hydrogen) atoms. The van der Waals surface area contributed by atoms with Crippen molar-refractivity contribution in [2.75, 3.05) is 12.4 Å². The van der Waals surface area contributed by atoms with Crippen molar-refractivity contribution in [1.82, 2.24) is 4.57 Å². The first-order chi connectivity index (χ1) is 16.5. The smallest absolute Gasteiger partial charge is 0.419 e. The lowest BCUT2D eigenvalue weighted by atomic mass is 10.0. The molecule has 4 rings (SSSR count). The van der Waals surface area contributed by atoms with Crippen LogP contribution in [0.1, 0.15) is 17.5 Å². The van der Waals surface area contributed by atoms with Gasteiger partial charge in [-0.05, 0) is 47.4 Å². The van der Waals surface area contributed by atoms with E-state index in [0.717, 1.165) is 27.8 Å². The summed E-state index contributed by atoms with van der Waals surface area (Å²) in [6, 6.07) is 20.8. The maximum Gasteiger partial charge on any atom is 0.419 e. The van der Waals surface area contributed by atoms with Crippen molar-refractivity contribution in [2.24, 2.45) is 0 Å². The molecule has 2 N–H and O–H groups in total. The van der Waals surface area contributed by atoms with E-state index in [1.54, 1.807) is 36.1 Å². The standard InChI is InChI=1S/C27H24N2O5/c1-33-16-14-20-11-13-24-25(18-20)34-27(32)29(24)15-6-5-7-19-10-12-22(21-8-3-2-4-9-21)23(17-19)28-26(30)31/h2-5,7-14,16-18,28H,6,15H2,1H3,(H,30,31)/b7-5+,16-14?. The Hall–Kier alpha value is -4.52. The number of ether oxygens (including phenoxy) is 1. The van der Waals surface area contributed by atoms with Gasteiger partial charge >= 0.3 is 11.8 Å². The first kappa shape index (κ1) is 22.7. The Balaban J connectivity index is 1.50. The van der Waals surface area contributed by atoms with Crippen LogP contribution in [0, 0.1) is 0 Å². The van der Waals surface area contributed by atoms with Crippen LogP contribution in [-0.4, -0.2) is 22.9 Å². The number of fused-ring (bicyclic) bond motifs is 1. The van der Waals surface area contributed by atoms with Gasteiger partial charge in [-0.2, -0.15) is 0 Å². The average molecular weight is 456 g/mol. The maximum absolute atomic E-state index is 12.3. The third-order valence-electron chi connectivity index (χ3n) is 5.29. The zero-order chi connectivity index (χ0) is 23.9. The van der Waals surface area contributed by atoms with Gasteiger partial charge in [0.2, 0.25) is 0 Å². The van der Waals surface area contributed by atoms with Crippen LogP contribution >= 0.6 is 0 Å². The molecule has 0 radical (unpaired) electrons. The number of nitrogens with zero attached hydrogens (tertiary/aromatic N) is 1. The Morgan fingerprint density at radius 3 is 2.59 bits per heavy atom. The summed E-state index contributed by atoms with van der Waals surface area (Å²) in [4.78, 5) is 23.6. The summed E-state index contributed by atoms with van der Waals surface area (Å²) in [5, 5.41) is 11.7. The number of hydrogen-bond donors (Lipinski definition) is 2. The molecule has 0 fully saturated rings. The van der Waals surface area contributed by atoms with E-state index in [-0.39, 0.29) is 0 Å². The lowest BCUT2D eigenvalue weighted by Crippen LogP contribution is -2.13. The molecule has 0 aliphatic heterocycles. The van der Waals surface area contributed by atoms with Gasteiger partial charge in [0.1, 0.15) is 0 Å². The van der Waals surface area contributed by atoms with Gasteiger partial charge in [0.25, 0.3) is 0 Å². The highest BCUT2D eigenvalue weighted by molar-refractivity contribution is 5.91. The van der Waals surface area contributed by atoms with Crippen molar-refractivity contribution < 1.29 is 19.1 Å². The van der Waals surface area contributed by atoms with Crippen molar-refractivity contribution in [3.05, 3.63) is 101 Å². The normalized spacial score (nSPS) is 11.4. The van der Waals surface area contributed by atoms with Crippen LogP contribution in [0.25, 0.3) is 34.4 Å². The molecule has 1 heterocycles. The summed E-state index contributed by atoms with van der Waals surface area (Å²) in [6.45, 7) is 0.456. The fourth-order valence-corrected chi connectivity index (χ4v) is 3.72. The Labute approximate surface area is 196 Å². The van der Waals surface area contributed by atoms with Gasteiger partial charge in [-0.25, -0.2) is 9.59 Å². The molecule has 4 aromatic rings. The number of methoxy groups -OCH3 is 1. The van der Waals surface area contributed by atoms with E-state index in [0.29, 0.717) is 24.2 Å². The molecule has 0 saturated carbocycles. The highest BCUT2D eigenvalue weighted by Crippen LogP contribution is 2.29. The Kier molecular flexibility index (Phi) is 6.93. The number of nitrogens with one attached hydrogen (secondary N) is 1. The largest absolute Gasteiger partial charge is 0.504 e. The molecule has 0 atom stereocenters. The average Bonchev–Trinajstić information content (AvgIpc) is 3.15. The van der Waals surface area contributed by atoms with Crippen molar-refractivity contribution >= 4 is 35.0 Å².